The van der Waals surface area contributed by atoms with E-state index in [1.807, 2.05) is 24.3 Å². The fraction of sp³-hybridized carbons (Fsp3) is 0.556. The standard InChI is InChI=1S/C18H26N4O/c1-11(2)17(18-20-14-8-3-4-9-15(14)21-18)22-16(23)10-12-6-5-7-13(12)19/h3-4,8-9,11-13,17H,5-7,10,19H2,1-2H3,(H,20,21)(H,22,23)/t12-,13+,17?/m0/s1. The first-order valence-corrected chi connectivity index (χ1v) is 8.54. The van der Waals surface area contributed by atoms with Crippen molar-refractivity contribution in [2.45, 2.75) is 51.6 Å². The molecule has 5 heteroatoms. The first kappa shape index (κ1) is 16.0. The summed E-state index contributed by atoms with van der Waals surface area (Å²) in [5.41, 5.74) is 8.01. The van der Waals surface area contributed by atoms with Crippen molar-refractivity contribution in [2.75, 3.05) is 0 Å². The van der Waals surface area contributed by atoms with Crippen molar-refractivity contribution in [3.63, 3.8) is 0 Å². The second-order valence-electron chi connectivity index (χ2n) is 6.99. The number of para-hydroxylation sites is 2. The highest BCUT2D eigenvalue weighted by Crippen LogP contribution is 2.28. The number of fused-ring (bicyclic) bond motifs is 1. The number of rotatable bonds is 5. The number of benzene rings is 1. The summed E-state index contributed by atoms with van der Waals surface area (Å²) in [5, 5.41) is 3.15. The second kappa shape index (κ2) is 6.71. The predicted molar refractivity (Wildman–Crippen MR) is 91.7 cm³/mol. The van der Waals surface area contributed by atoms with Gasteiger partial charge in [0.05, 0.1) is 17.1 Å². The van der Waals surface area contributed by atoms with Crippen LogP contribution in [-0.4, -0.2) is 21.9 Å². The van der Waals surface area contributed by atoms with Crippen molar-refractivity contribution in [3.05, 3.63) is 30.1 Å². The van der Waals surface area contributed by atoms with E-state index in [0.29, 0.717) is 12.3 Å². The van der Waals surface area contributed by atoms with E-state index in [4.69, 9.17) is 5.73 Å². The van der Waals surface area contributed by atoms with Crippen LogP contribution in [0.25, 0.3) is 11.0 Å². The summed E-state index contributed by atoms with van der Waals surface area (Å²) in [6.07, 6.45) is 3.75. The Morgan fingerprint density at radius 2 is 2.17 bits per heavy atom. The zero-order valence-electron chi connectivity index (χ0n) is 13.9. The van der Waals surface area contributed by atoms with Gasteiger partial charge >= 0.3 is 0 Å². The molecule has 4 N–H and O–H groups in total. The van der Waals surface area contributed by atoms with Crippen LogP contribution in [0.15, 0.2) is 24.3 Å². The van der Waals surface area contributed by atoms with Crippen LogP contribution in [0, 0.1) is 11.8 Å². The number of nitrogens with two attached hydrogens (primary N) is 1. The number of nitrogens with one attached hydrogen (secondary N) is 2. The van der Waals surface area contributed by atoms with E-state index in [1.54, 1.807) is 0 Å². The third-order valence-corrected chi connectivity index (χ3v) is 4.85. The van der Waals surface area contributed by atoms with Crippen LogP contribution in [-0.2, 0) is 4.79 Å². The molecule has 124 valence electrons. The smallest absolute Gasteiger partial charge is 0.220 e. The van der Waals surface area contributed by atoms with Gasteiger partial charge in [0.2, 0.25) is 5.91 Å². The van der Waals surface area contributed by atoms with Gasteiger partial charge < -0.3 is 16.0 Å². The molecule has 0 saturated heterocycles. The molecule has 1 heterocycles. The van der Waals surface area contributed by atoms with Crippen molar-refractivity contribution in [2.24, 2.45) is 17.6 Å². The van der Waals surface area contributed by atoms with E-state index in [-0.39, 0.29) is 23.9 Å². The van der Waals surface area contributed by atoms with Crippen molar-refractivity contribution in [1.82, 2.24) is 15.3 Å². The van der Waals surface area contributed by atoms with Gasteiger partial charge in [-0.05, 0) is 36.8 Å². The molecule has 0 aliphatic heterocycles. The van der Waals surface area contributed by atoms with Gasteiger partial charge in [-0.1, -0.05) is 32.4 Å². The molecule has 5 nitrogen and oxygen atoms in total. The number of hydrogen-bond acceptors (Lipinski definition) is 3. The molecule has 1 aromatic heterocycles. The Hall–Kier alpha value is -1.88. The van der Waals surface area contributed by atoms with E-state index < -0.39 is 0 Å². The van der Waals surface area contributed by atoms with Gasteiger partial charge in [0.25, 0.3) is 0 Å². The maximum absolute atomic E-state index is 12.4. The molecule has 3 rings (SSSR count). The SMILES string of the molecule is CC(C)C(NC(=O)C[C@@H]1CCC[C@H]1N)c1nc2ccccc2[nH]1. The number of H-pyrrole nitrogens is 1. The molecule has 1 fully saturated rings. The Bertz CT molecular complexity index is 645. The first-order valence-electron chi connectivity index (χ1n) is 8.54. The Kier molecular flexibility index (Phi) is 4.66. The fourth-order valence-corrected chi connectivity index (χ4v) is 3.46. The molecule has 0 bridgehead atoms. The number of carbonyl (C=O) groups excluding carboxylic acids is 1. The fourth-order valence-electron chi connectivity index (χ4n) is 3.46. The molecule has 1 aliphatic carbocycles. The highest BCUT2D eigenvalue weighted by Gasteiger charge is 2.28. The minimum absolute atomic E-state index is 0.0755. The summed E-state index contributed by atoms with van der Waals surface area (Å²) in [4.78, 5) is 20.4. The molecule has 1 unspecified atom stereocenters. The first-order chi connectivity index (χ1) is 11.0. The minimum atomic E-state index is -0.104. The molecule has 0 radical (unpaired) electrons. The van der Waals surface area contributed by atoms with Crippen LogP contribution in [0.5, 0.6) is 0 Å². The van der Waals surface area contributed by atoms with Gasteiger partial charge in [0.1, 0.15) is 5.82 Å². The number of aromatic nitrogens is 2. The van der Waals surface area contributed by atoms with Gasteiger partial charge in [-0.3, -0.25) is 4.79 Å². The van der Waals surface area contributed by atoms with Gasteiger partial charge in [-0.25, -0.2) is 4.98 Å². The van der Waals surface area contributed by atoms with E-state index in [0.717, 1.165) is 36.1 Å². The van der Waals surface area contributed by atoms with E-state index >= 15 is 0 Å². The number of amides is 1. The molecule has 1 aliphatic rings. The number of hydrogen-bond donors (Lipinski definition) is 3. The predicted octanol–water partition coefficient (Wildman–Crippen LogP) is 2.89. The molecular weight excluding hydrogens is 288 g/mol. The summed E-state index contributed by atoms with van der Waals surface area (Å²) in [6, 6.07) is 8.00. The molecule has 23 heavy (non-hydrogen) atoms. The lowest BCUT2D eigenvalue weighted by Crippen LogP contribution is -2.36. The zero-order chi connectivity index (χ0) is 16.4. The maximum atomic E-state index is 12.4. The van der Waals surface area contributed by atoms with E-state index in [1.165, 1.54) is 0 Å². The van der Waals surface area contributed by atoms with Gasteiger partial charge in [-0.2, -0.15) is 0 Å². The average Bonchev–Trinajstić information content (AvgIpc) is 3.11. The topological polar surface area (TPSA) is 83.8 Å². The van der Waals surface area contributed by atoms with Crippen LogP contribution in [0.3, 0.4) is 0 Å². The van der Waals surface area contributed by atoms with Crippen molar-refractivity contribution in [1.29, 1.82) is 0 Å². The molecule has 3 atom stereocenters. The van der Waals surface area contributed by atoms with Crippen LogP contribution < -0.4 is 11.1 Å². The molecule has 2 aromatic rings. The zero-order valence-corrected chi connectivity index (χ0v) is 13.9. The second-order valence-corrected chi connectivity index (χ2v) is 6.99. The Labute approximate surface area is 137 Å². The summed E-state index contributed by atoms with van der Waals surface area (Å²) in [7, 11) is 0. The molecule has 0 spiro atoms. The summed E-state index contributed by atoms with van der Waals surface area (Å²) >= 11 is 0. The lowest BCUT2D eigenvalue weighted by molar-refractivity contribution is -0.123. The van der Waals surface area contributed by atoms with E-state index in [9.17, 15) is 4.79 Å². The Balaban J connectivity index is 1.72. The van der Waals surface area contributed by atoms with Gasteiger partial charge in [-0.15, -0.1) is 0 Å². The average molecular weight is 314 g/mol. The third-order valence-electron chi connectivity index (χ3n) is 4.85. The monoisotopic (exact) mass is 314 g/mol. The molecule has 1 aromatic carbocycles. The molecule has 1 amide bonds. The summed E-state index contributed by atoms with van der Waals surface area (Å²) < 4.78 is 0. The summed E-state index contributed by atoms with van der Waals surface area (Å²) in [6.45, 7) is 4.19. The van der Waals surface area contributed by atoms with Crippen LogP contribution in [0.2, 0.25) is 0 Å². The Morgan fingerprint density at radius 3 is 2.83 bits per heavy atom. The largest absolute Gasteiger partial charge is 0.346 e. The highest BCUT2D eigenvalue weighted by atomic mass is 16.1. The van der Waals surface area contributed by atoms with Gasteiger partial charge in [0.15, 0.2) is 0 Å². The lowest BCUT2D eigenvalue weighted by Gasteiger charge is -2.22. The number of imidazole rings is 1. The minimum Gasteiger partial charge on any atom is -0.346 e. The highest BCUT2D eigenvalue weighted by molar-refractivity contribution is 5.78. The molecular formula is C18H26N4O. The van der Waals surface area contributed by atoms with Crippen molar-refractivity contribution >= 4 is 16.9 Å². The maximum Gasteiger partial charge on any atom is 0.220 e. The van der Waals surface area contributed by atoms with Crippen molar-refractivity contribution in [3.8, 4) is 0 Å². The van der Waals surface area contributed by atoms with Crippen LogP contribution >= 0.6 is 0 Å². The summed E-state index contributed by atoms with van der Waals surface area (Å²) in [5.74, 6) is 1.48. The normalized spacial score (nSPS) is 22.6. The van der Waals surface area contributed by atoms with E-state index in [2.05, 4.69) is 29.1 Å². The van der Waals surface area contributed by atoms with Crippen molar-refractivity contribution < 1.29 is 4.79 Å². The van der Waals surface area contributed by atoms with Gasteiger partial charge in [0, 0.05) is 12.5 Å². The lowest BCUT2D eigenvalue weighted by atomic mass is 9.98. The Morgan fingerprint density at radius 1 is 1.39 bits per heavy atom. The van der Waals surface area contributed by atoms with Crippen LogP contribution in [0.1, 0.15) is 51.4 Å². The molecule has 1 saturated carbocycles. The third kappa shape index (κ3) is 3.55. The number of aromatic amines is 1. The van der Waals surface area contributed by atoms with Crippen LogP contribution in [0.4, 0.5) is 0 Å². The number of nitrogens with zero attached hydrogens (tertiary/aromatic N) is 1. The number of carbonyl (C=O) groups is 1. The quantitative estimate of drug-likeness (QED) is 0.793.